The summed E-state index contributed by atoms with van der Waals surface area (Å²) in [4.78, 5) is 29.0. The van der Waals surface area contributed by atoms with Crippen LogP contribution in [0, 0.1) is 6.92 Å². The van der Waals surface area contributed by atoms with E-state index in [1.165, 1.54) is 4.57 Å². The standard InChI is InChI=1S/C21H20N2O2/c1-13-8-10-15(11-9-13)23-19(24)17-18(22-20(23)25)16-7-5-4-6-14(16)12-21(17,2)3/h4-11H,12H2,1-3H3,(H,22,25). The first kappa shape index (κ1) is 15.6. The van der Waals surface area contributed by atoms with Gasteiger partial charge in [0.15, 0.2) is 0 Å². The molecule has 4 nitrogen and oxygen atoms in total. The van der Waals surface area contributed by atoms with E-state index >= 15 is 0 Å². The van der Waals surface area contributed by atoms with E-state index in [1.54, 1.807) is 0 Å². The van der Waals surface area contributed by atoms with Crippen molar-refractivity contribution in [2.75, 3.05) is 0 Å². The van der Waals surface area contributed by atoms with E-state index < -0.39 is 5.69 Å². The van der Waals surface area contributed by atoms with Crippen LogP contribution in [0.2, 0.25) is 0 Å². The number of hydrogen-bond acceptors (Lipinski definition) is 2. The summed E-state index contributed by atoms with van der Waals surface area (Å²) in [5.41, 5.74) is 4.12. The quantitative estimate of drug-likeness (QED) is 0.743. The molecule has 1 N–H and O–H groups in total. The second-order valence-electron chi connectivity index (χ2n) is 7.37. The molecule has 0 atom stereocenters. The van der Waals surface area contributed by atoms with Crippen molar-refractivity contribution in [2.24, 2.45) is 0 Å². The SMILES string of the molecule is Cc1ccc(-n2c(=O)[nH]c3c(c2=O)C(C)(C)Cc2ccccc2-3)cc1. The summed E-state index contributed by atoms with van der Waals surface area (Å²) in [6.45, 7) is 6.09. The third-order valence-corrected chi connectivity index (χ3v) is 4.99. The maximum Gasteiger partial charge on any atom is 0.333 e. The van der Waals surface area contributed by atoms with Crippen molar-refractivity contribution in [2.45, 2.75) is 32.6 Å². The highest BCUT2D eigenvalue weighted by Gasteiger charge is 2.35. The molecule has 25 heavy (non-hydrogen) atoms. The molecule has 0 saturated heterocycles. The second kappa shape index (κ2) is 5.31. The highest BCUT2D eigenvalue weighted by molar-refractivity contribution is 5.71. The Bertz CT molecular complexity index is 1090. The maximum atomic E-state index is 13.3. The largest absolute Gasteiger partial charge is 0.333 e. The molecule has 4 rings (SSSR count). The summed E-state index contributed by atoms with van der Waals surface area (Å²) in [6.07, 6.45) is 0.769. The van der Waals surface area contributed by atoms with Gasteiger partial charge in [-0.3, -0.25) is 4.79 Å². The van der Waals surface area contributed by atoms with E-state index in [9.17, 15) is 9.59 Å². The average molecular weight is 332 g/mol. The lowest BCUT2D eigenvalue weighted by molar-refractivity contribution is 0.502. The van der Waals surface area contributed by atoms with Crippen LogP contribution in [0.4, 0.5) is 0 Å². The zero-order valence-electron chi connectivity index (χ0n) is 14.6. The first-order valence-electron chi connectivity index (χ1n) is 8.43. The molecule has 0 radical (unpaired) electrons. The summed E-state index contributed by atoms with van der Waals surface area (Å²) in [6, 6.07) is 15.4. The van der Waals surface area contributed by atoms with Gasteiger partial charge in [-0.1, -0.05) is 55.8 Å². The maximum absolute atomic E-state index is 13.3. The molecule has 0 unspecified atom stereocenters. The Morgan fingerprint density at radius 3 is 2.40 bits per heavy atom. The third-order valence-electron chi connectivity index (χ3n) is 4.99. The van der Waals surface area contributed by atoms with Crippen LogP contribution in [0.15, 0.2) is 58.1 Å². The van der Waals surface area contributed by atoms with Gasteiger partial charge >= 0.3 is 5.69 Å². The Kier molecular flexibility index (Phi) is 3.32. The Balaban J connectivity index is 2.07. The molecule has 3 aromatic rings. The smallest absolute Gasteiger partial charge is 0.306 e. The van der Waals surface area contributed by atoms with E-state index in [0.29, 0.717) is 16.9 Å². The van der Waals surface area contributed by atoms with E-state index in [2.05, 4.69) is 24.9 Å². The molecule has 0 bridgehead atoms. The van der Waals surface area contributed by atoms with Crippen molar-refractivity contribution in [3.05, 3.63) is 86.1 Å². The monoisotopic (exact) mass is 332 g/mol. The van der Waals surface area contributed by atoms with Crippen molar-refractivity contribution in [1.82, 2.24) is 9.55 Å². The van der Waals surface area contributed by atoms with Crippen molar-refractivity contribution < 1.29 is 0 Å². The minimum absolute atomic E-state index is 0.234. The van der Waals surface area contributed by atoms with E-state index in [4.69, 9.17) is 0 Å². The summed E-state index contributed by atoms with van der Waals surface area (Å²) >= 11 is 0. The van der Waals surface area contributed by atoms with Crippen LogP contribution in [0.1, 0.15) is 30.5 Å². The first-order valence-corrected chi connectivity index (χ1v) is 8.43. The van der Waals surface area contributed by atoms with Gasteiger partial charge in [0.2, 0.25) is 0 Å². The van der Waals surface area contributed by atoms with Crippen LogP contribution in [0.25, 0.3) is 16.9 Å². The fourth-order valence-corrected chi connectivity index (χ4v) is 3.78. The van der Waals surface area contributed by atoms with Crippen LogP contribution >= 0.6 is 0 Å². The van der Waals surface area contributed by atoms with Gasteiger partial charge < -0.3 is 4.98 Å². The molecule has 126 valence electrons. The van der Waals surface area contributed by atoms with Gasteiger partial charge in [0.05, 0.1) is 11.4 Å². The minimum Gasteiger partial charge on any atom is -0.306 e. The Morgan fingerprint density at radius 2 is 1.68 bits per heavy atom. The van der Waals surface area contributed by atoms with Crippen LogP contribution in [0.5, 0.6) is 0 Å². The Morgan fingerprint density at radius 1 is 1.00 bits per heavy atom. The lowest BCUT2D eigenvalue weighted by Crippen LogP contribution is -2.43. The molecular formula is C21H20N2O2. The molecule has 4 heteroatoms. The summed E-state index contributed by atoms with van der Waals surface area (Å²) in [7, 11) is 0. The Hall–Kier alpha value is -2.88. The van der Waals surface area contributed by atoms with E-state index in [-0.39, 0.29) is 11.0 Å². The number of aromatic amines is 1. The molecular weight excluding hydrogens is 312 g/mol. The predicted octanol–water partition coefficient (Wildman–Crippen LogP) is 3.33. The number of aromatic nitrogens is 2. The first-order chi connectivity index (χ1) is 11.9. The van der Waals surface area contributed by atoms with Crippen LogP contribution in [-0.4, -0.2) is 9.55 Å². The fraction of sp³-hybridized carbons (Fsp3) is 0.238. The van der Waals surface area contributed by atoms with Crippen LogP contribution in [0.3, 0.4) is 0 Å². The van der Waals surface area contributed by atoms with Crippen LogP contribution in [-0.2, 0) is 11.8 Å². The van der Waals surface area contributed by atoms with Gasteiger partial charge in [0, 0.05) is 16.5 Å². The lowest BCUT2D eigenvalue weighted by atomic mass is 9.72. The van der Waals surface area contributed by atoms with Crippen molar-refractivity contribution >= 4 is 0 Å². The molecule has 1 aliphatic rings. The molecule has 0 saturated carbocycles. The normalized spacial score (nSPS) is 14.7. The van der Waals surface area contributed by atoms with Crippen LogP contribution < -0.4 is 11.2 Å². The van der Waals surface area contributed by atoms with Gasteiger partial charge in [0.1, 0.15) is 0 Å². The molecule has 0 spiro atoms. The predicted molar refractivity (Wildman–Crippen MR) is 99.6 cm³/mol. The number of aryl methyl sites for hydroxylation is 1. The van der Waals surface area contributed by atoms with Crippen molar-refractivity contribution in [3.8, 4) is 16.9 Å². The number of nitrogens with one attached hydrogen (secondary N) is 1. The number of H-pyrrole nitrogens is 1. The summed E-state index contributed by atoms with van der Waals surface area (Å²) < 4.78 is 1.24. The topological polar surface area (TPSA) is 54.9 Å². The number of rotatable bonds is 1. The van der Waals surface area contributed by atoms with Crippen molar-refractivity contribution in [1.29, 1.82) is 0 Å². The second-order valence-corrected chi connectivity index (χ2v) is 7.37. The molecule has 2 aromatic carbocycles. The van der Waals surface area contributed by atoms with E-state index in [1.807, 2.05) is 49.4 Å². The number of nitrogens with zero attached hydrogens (tertiary/aromatic N) is 1. The molecule has 1 aliphatic carbocycles. The molecule has 0 amide bonds. The van der Waals surface area contributed by atoms with Crippen molar-refractivity contribution in [3.63, 3.8) is 0 Å². The minimum atomic E-state index is -0.403. The molecule has 0 aliphatic heterocycles. The van der Waals surface area contributed by atoms with E-state index in [0.717, 1.165) is 23.1 Å². The zero-order valence-corrected chi connectivity index (χ0v) is 14.6. The number of hydrogen-bond donors (Lipinski definition) is 1. The molecule has 1 heterocycles. The van der Waals surface area contributed by atoms with Gasteiger partial charge in [-0.05, 0) is 31.0 Å². The van der Waals surface area contributed by atoms with Gasteiger partial charge in [-0.2, -0.15) is 0 Å². The number of fused-ring (bicyclic) bond motifs is 3. The Labute approximate surface area is 145 Å². The average Bonchev–Trinajstić information content (AvgIpc) is 2.55. The van der Waals surface area contributed by atoms with Gasteiger partial charge in [-0.15, -0.1) is 0 Å². The summed E-state index contributed by atoms with van der Waals surface area (Å²) in [5, 5.41) is 0. The molecule has 0 fully saturated rings. The van der Waals surface area contributed by atoms with Gasteiger partial charge in [0.25, 0.3) is 5.56 Å². The zero-order chi connectivity index (χ0) is 17.8. The summed E-state index contributed by atoms with van der Waals surface area (Å²) in [5.74, 6) is 0. The molecule has 1 aromatic heterocycles. The fourth-order valence-electron chi connectivity index (χ4n) is 3.78. The highest BCUT2D eigenvalue weighted by atomic mass is 16.2. The van der Waals surface area contributed by atoms with Gasteiger partial charge in [-0.25, -0.2) is 9.36 Å². The third kappa shape index (κ3) is 2.37. The highest BCUT2D eigenvalue weighted by Crippen LogP contribution is 2.39. The number of benzene rings is 2. The lowest BCUT2D eigenvalue weighted by Gasteiger charge is -2.33.